The molecule has 0 aliphatic carbocycles. The van der Waals surface area contributed by atoms with Crippen LogP contribution in [0.2, 0.25) is 0 Å². The molecule has 1 unspecified atom stereocenters. The number of benzene rings is 2. The highest BCUT2D eigenvalue weighted by Gasteiger charge is 2.19. The Labute approximate surface area is 137 Å². The van der Waals surface area contributed by atoms with Crippen LogP contribution in [0.5, 0.6) is 0 Å². The van der Waals surface area contributed by atoms with Crippen LogP contribution in [0.3, 0.4) is 0 Å². The average molecular weight is 306 g/mol. The second-order valence-corrected chi connectivity index (χ2v) is 6.21. The van der Waals surface area contributed by atoms with Gasteiger partial charge in [-0.05, 0) is 49.9 Å². The van der Waals surface area contributed by atoms with Crippen molar-refractivity contribution in [1.82, 2.24) is 9.97 Å². The molecule has 3 heteroatoms. The summed E-state index contributed by atoms with van der Waals surface area (Å²) in [7, 11) is 0. The molecular formula is C20H22N2O. The Morgan fingerprint density at radius 1 is 0.957 bits per heavy atom. The Kier molecular flexibility index (Phi) is 4.05. The topological polar surface area (TPSA) is 48.9 Å². The highest BCUT2D eigenvalue weighted by Crippen LogP contribution is 2.29. The van der Waals surface area contributed by atoms with Crippen LogP contribution in [0.1, 0.15) is 39.7 Å². The van der Waals surface area contributed by atoms with Crippen LogP contribution in [0.15, 0.2) is 42.6 Å². The number of aromatic amines is 1. The van der Waals surface area contributed by atoms with Crippen LogP contribution in [0, 0.1) is 27.7 Å². The molecule has 0 saturated heterocycles. The van der Waals surface area contributed by atoms with Gasteiger partial charge in [-0.25, -0.2) is 4.98 Å². The zero-order valence-electron chi connectivity index (χ0n) is 14.0. The van der Waals surface area contributed by atoms with Crippen molar-refractivity contribution in [2.45, 2.75) is 33.8 Å². The number of aliphatic hydroxyl groups excluding tert-OH is 1. The van der Waals surface area contributed by atoms with Crippen molar-refractivity contribution in [1.29, 1.82) is 0 Å². The van der Waals surface area contributed by atoms with Crippen LogP contribution >= 0.6 is 0 Å². The van der Waals surface area contributed by atoms with Gasteiger partial charge in [-0.2, -0.15) is 0 Å². The minimum atomic E-state index is -0.742. The third kappa shape index (κ3) is 2.92. The molecule has 3 aromatic rings. The molecule has 2 aromatic carbocycles. The number of nitrogens with one attached hydrogen (secondary N) is 1. The third-order valence-corrected chi connectivity index (χ3v) is 4.30. The monoisotopic (exact) mass is 306 g/mol. The van der Waals surface area contributed by atoms with Crippen LogP contribution in [0.4, 0.5) is 0 Å². The van der Waals surface area contributed by atoms with Crippen molar-refractivity contribution in [2.24, 2.45) is 0 Å². The van der Waals surface area contributed by atoms with Gasteiger partial charge in [-0.15, -0.1) is 0 Å². The van der Waals surface area contributed by atoms with Gasteiger partial charge >= 0.3 is 0 Å². The number of aromatic nitrogens is 2. The molecule has 3 nitrogen and oxygen atoms in total. The molecule has 0 bridgehead atoms. The fraction of sp³-hybridized carbons (Fsp3) is 0.250. The van der Waals surface area contributed by atoms with E-state index < -0.39 is 6.10 Å². The standard InChI is InChI=1S/C20H22N2O/c1-12-9-14(3)18(15(4)10-12)19(23)20-21-11-17(22-20)16-8-6-5-7-13(16)2/h5-11,19,23H,1-4H3,(H,21,22). The van der Waals surface area contributed by atoms with E-state index >= 15 is 0 Å². The van der Waals surface area contributed by atoms with Crippen molar-refractivity contribution in [3.8, 4) is 11.3 Å². The van der Waals surface area contributed by atoms with Crippen molar-refractivity contribution in [2.75, 3.05) is 0 Å². The highest BCUT2D eigenvalue weighted by molar-refractivity contribution is 5.62. The van der Waals surface area contributed by atoms with Gasteiger partial charge < -0.3 is 10.1 Å². The van der Waals surface area contributed by atoms with Crippen molar-refractivity contribution >= 4 is 0 Å². The molecule has 2 N–H and O–H groups in total. The largest absolute Gasteiger partial charge is 0.380 e. The lowest BCUT2D eigenvalue weighted by molar-refractivity contribution is 0.209. The van der Waals surface area contributed by atoms with Crippen molar-refractivity contribution < 1.29 is 5.11 Å². The second-order valence-electron chi connectivity index (χ2n) is 6.21. The molecule has 0 aliphatic rings. The maximum atomic E-state index is 10.8. The normalized spacial score (nSPS) is 12.4. The molecule has 0 spiro atoms. The molecule has 0 amide bonds. The van der Waals surface area contributed by atoms with E-state index in [9.17, 15) is 5.11 Å². The number of hydrogen-bond donors (Lipinski definition) is 2. The molecule has 0 fully saturated rings. The lowest BCUT2D eigenvalue weighted by Crippen LogP contribution is -2.07. The summed E-state index contributed by atoms with van der Waals surface area (Å²) < 4.78 is 0. The van der Waals surface area contributed by atoms with E-state index in [4.69, 9.17) is 0 Å². The van der Waals surface area contributed by atoms with Crippen LogP contribution < -0.4 is 0 Å². The van der Waals surface area contributed by atoms with Gasteiger partial charge in [-0.3, -0.25) is 0 Å². The fourth-order valence-electron chi connectivity index (χ4n) is 3.25. The first-order valence-corrected chi connectivity index (χ1v) is 7.84. The summed E-state index contributed by atoms with van der Waals surface area (Å²) >= 11 is 0. The number of nitrogens with zero attached hydrogens (tertiary/aromatic N) is 1. The van der Waals surface area contributed by atoms with Gasteiger partial charge in [0.2, 0.25) is 0 Å². The van der Waals surface area contributed by atoms with Crippen LogP contribution in [-0.4, -0.2) is 15.1 Å². The SMILES string of the molecule is Cc1cc(C)c(C(O)c2ncc(-c3ccccc3C)[nH]2)c(C)c1. The number of aliphatic hydroxyl groups is 1. The predicted octanol–water partition coefficient (Wildman–Crippen LogP) is 4.39. The smallest absolute Gasteiger partial charge is 0.140 e. The lowest BCUT2D eigenvalue weighted by atomic mass is 9.95. The van der Waals surface area contributed by atoms with Gasteiger partial charge in [0.25, 0.3) is 0 Å². The van der Waals surface area contributed by atoms with E-state index in [-0.39, 0.29) is 0 Å². The summed E-state index contributed by atoms with van der Waals surface area (Å²) in [5.74, 6) is 0.582. The first-order valence-electron chi connectivity index (χ1n) is 7.84. The number of imidazole rings is 1. The first-order chi connectivity index (χ1) is 11.0. The zero-order valence-corrected chi connectivity index (χ0v) is 14.0. The minimum Gasteiger partial charge on any atom is -0.380 e. The summed E-state index contributed by atoms with van der Waals surface area (Å²) in [6.45, 7) is 8.20. The second kappa shape index (κ2) is 6.01. The fourth-order valence-corrected chi connectivity index (χ4v) is 3.25. The van der Waals surface area contributed by atoms with E-state index in [0.29, 0.717) is 5.82 Å². The van der Waals surface area contributed by atoms with Gasteiger partial charge in [0.1, 0.15) is 11.9 Å². The van der Waals surface area contributed by atoms with Gasteiger partial charge in [0.15, 0.2) is 0 Å². The molecule has 0 saturated carbocycles. The Hall–Kier alpha value is -2.39. The first kappa shape index (κ1) is 15.5. The van der Waals surface area contributed by atoms with E-state index in [1.165, 1.54) is 11.1 Å². The lowest BCUT2D eigenvalue weighted by Gasteiger charge is -2.16. The Bertz CT molecular complexity index is 825. The van der Waals surface area contributed by atoms with Gasteiger partial charge in [-0.1, -0.05) is 42.0 Å². The molecular weight excluding hydrogens is 284 g/mol. The Morgan fingerprint density at radius 2 is 1.61 bits per heavy atom. The van der Waals surface area contributed by atoms with Crippen molar-refractivity contribution in [3.63, 3.8) is 0 Å². The summed E-state index contributed by atoms with van der Waals surface area (Å²) in [6, 6.07) is 12.3. The van der Waals surface area contributed by atoms with E-state index in [2.05, 4.69) is 48.1 Å². The number of rotatable bonds is 3. The molecule has 0 radical (unpaired) electrons. The maximum absolute atomic E-state index is 10.8. The van der Waals surface area contributed by atoms with Gasteiger partial charge in [0.05, 0.1) is 11.9 Å². The quantitative estimate of drug-likeness (QED) is 0.754. The highest BCUT2D eigenvalue weighted by atomic mass is 16.3. The minimum absolute atomic E-state index is 0.582. The molecule has 23 heavy (non-hydrogen) atoms. The molecule has 1 aromatic heterocycles. The van der Waals surface area contributed by atoms with Crippen LogP contribution in [-0.2, 0) is 0 Å². The molecule has 118 valence electrons. The van der Waals surface area contributed by atoms with E-state index in [1.54, 1.807) is 6.20 Å². The van der Waals surface area contributed by atoms with Gasteiger partial charge in [0, 0.05) is 5.56 Å². The number of H-pyrrole nitrogens is 1. The number of aryl methyl sites for hydroxylation is 4. The zero-order chi connectivity index (χ0) is 16.6. The van der Waals surface area contributed by atoms with E-state index in [1.807, 2.05) is 26.0 Å². The summed E-state index contributed by atoms with van der Waals surface area (Å²) in [5.41, 5.74) is 7.53. The van der Waals surface area contributed by atoms with Crippen LogP contribution in [0.25, 0.3) is 11.3 Å². The maximum Gasteiger partial charge on any atom is 0.140 e. The summed E-state index contributed by atoms with van der Waals surface area (Å²) in [4.78, 5) is 7.69. The Morgan fingerprint density at radius 3 is 2.26 bits per heavy atom. The average Bonchev–Trinajstić information content (AvgIpc) is 2.96. The molecule has 3 rings (SSSR count). The third-order valence-electron chi connectivity index (χ3n) is 4.30. The summed E-state index contributed by atoms with van der Waals surface area (Å²) in [6.07, 6.45) is 1.05. The number of hydrogen-bond acceptors (Lipinski definition) is 2. The van der Waals surface area contributed by atoms with Crippen molar-refractivity contribution in [3.05, 3.63) is 76.2 Å². The predicted molar refractivity (Wildman–Crippen MR) is 93.5 cm³/mol. The molecule has 1 atom stereocenters. The van der Waals surface area contributed by atoms with E-state index in [0.717, 1.165) is 27.9 Å². The summed E-state index contributed by atoms with van der Waals surface area (Å²) in [5, 5.41) is 10.8. The molecule has 0 aliphatic heterocycles. The molecule has 1 heterocycles. The Balaban J connectivity index is 1.99.